The fourth-order valence-corrected chi connectivity index (χ4v) is 8.71. The molecule has 0 aromatic heterocycles. The Labute approximate surface area is 189 Å². The summed E-state index contributed by atoms with van der Waals surface area (Å²) >= 11 is 0. The fraction of sp³-hybridized carbons (Fsp3) is 0.857. The summed E-state index contributed by atoms with van der Waals surface area (Å²) in [4.78, 5) is 12.8. The van der Waals surface area contributed by atoms with Gasteiger partial charge in [0.05, 0.1) is 6.10 Å². The van der Waals surface area contributed by atoms with Crippen LogP contribution in [0.1, 0.15) is 86.5 Å². The molecule has 0 aromatic carbocycles. The molecule has 3 heteroatoms. The highest BCUT2D eigenvalue weighted by Gasteiger charge is 2.74. The van der Waals surface area contributed by atoms with Gasteiger partial charge in [0.25, 0.3) is 0 Å². The van der Waals surface area contributed by atoms with Gasteiger partial charge in [0.1, 0.15) is 11.2 Å². The van der Waals surface area contributed by atoms with Gasteiger partial charge in [0.2, 0.25) is 0 Å². The van der Waals surface area contributed by atoms with E-state index in [0.29, 0.717) is 41.9 Å². The molecule has 6 aliphatic rings. The Morgan fingerprint density at radius 3 is 2.35 bits per heavy atom. The summed E-state index contributed by atoms with van der Waals surface area (Å²) in [7, 11) is 0. The summed E-state index contributed by atoms with van der Waals surface area (Å²) in [6, 6.07) is 0. The largest absolute Gasteiger partial charge is 0.393 e. The molecule has 0 amide bonds. The molecule has 4 aliphatic carbocycles. The van der Waals surface area contributed by atoms with Crippen molar-refractivity contribution in [3.63, 3.8) is 0 Å². The smallest absolute Gasteiger partial charge is 0.130 e. The molecule has 3 saturated carbocycles. The topological polar surface area (TPSA) is 38.7 Å². The van der Waals surface area contributed by atoms with Gasteiger partial charge in [-0.2, -0.15) is 0 Å². The number of hydrogen-bond donors (Lipinski definition) is 1. The van der Waals surface area contributed by atoms with Gasteiger partial charge in [0.15, 0.2) is 0 Å². The third-order valence-electron chi connectivity index (χ3n) is 11.1. The molecule has 31 heavy (non-hydrogen) atoms. The molecule has 4 fully saturated rings. The highest BCUT2D eigenvalue weighted by atomic mass is 17.2. The number of fused-ring (bicyclic) bond motifs is 2. The molecular formula is C28H44O3. The molecule has 0 aromatic rings. The average molecular weight is 429 g/mol. The van der Waals surface area contributed by atoms with Crippen molar-refractivity contribution in [2.24, 2.45) is 46.3 Å². The van der Waals surface area contributed by atoms with Crippen molar-refractivity contribution in [2.75, 3.05) is 0 Å². The maximum atomic E-state index is 10.4. The molecule has 1 N–H and O–H groups in total. The zero-order valence-electron chi connectivity index (χ0n) is 20.6. The molecule has 2 spiro atoms. The van der Waals surface area contributed by atoms with E-state index in [1.807, 2.05) is 0 Å². The molecule has 10 atom stereocenters. The molecule has 0 radical (unpaired) electrons. The number of allylic oxidation sites excluding steroid dienone is 2. The molecule has 6 rings (SSSR count). The minimum atomic E-state index is -0.439. The van der Waals surface area contributed by atoms with Crippen molar-refractivity contribution in [3.05, 3.63) is 24.3 Å². The van der Waals surface area contributed by atoms with Gasteiger partial charge in [-0.25, -0.2) is 9.78 Å². The van der Waals surface area contributed by atoms with E-state index in [2.05, 4.69) is 65.8 Å². The molecule has 2 heterocycles. The van der Waals surface area contributed by atoms with E-state index in [1.54, 1.807) is 0 Å². The van der Waals surface area contributed by atoms with Crippen LogP contribution in [0.4, 0.5) is 0 Å². The summed E-state index contributed by atoms with van der Waals surface area (Å²) in [6.07, 6.45) is 17.0. The lowest BCUT2D eigenvalue weighted by Gasteiger charge is -2.69. The van der Waals surface area contributed by atoms with Crippen molar-refractivity contribution >= 4 is 0 Å². The van der Waals surface area contributed by atoms with Crippen LogP contribution in [0.5, 0.6) is 0 Å². The molecule has 174 valence electrons. The summed E-state index contributed by atoms with van der Waals surface area (Å²) in [5, 5.41) is 10.4. The summed E-state index contributed by atoms with van der Waals surface area (Å²) in [6.45, 7) is 14.4. The van der Waals surface area contributed by atoms with Crippen LogP contribution in [-0.2, 0) is 9.78 Å². The molecule has 2 aliphatic heterocycles. The van der Waals surface area contributed by atoms with Gasteiger partial charge in [-0.1, -0.05) is 59.8 Å². The number of aliphatic hydroxyl groups excluding tert-OH is 1. The highest BCUT2D eigenvalue weighted by Crippen LogP contribution is 2.72. The molecule has 1 unspecified atom stereocenters. The number of aliphatic hydroxyl groups is 1. The van der Waals surface area contributed by atoms with Crippen molar-refractivity contribution in [1.29, 1.82) is 0 Å². The van der Waals surface area contributed by atoms with Crippen molar-refractivity contribution < 1.29 is 14.9 Å². The Kier molecular flexibility index (Phi) is 5.13. The predicted molar refractivity (Wildman–Crippen MR) is 124 cm³/mol. The van der Waals surface area contributed by atoms with Crippen molar-refractivity contribution in [1.82, 2.24) is 0 Å². The summed E-state index contributed by atoms with van der Waals surface area (Å²) in [5.41, 5.74) is -0.366. The van der Waals surface area contributed by atoms with E-state index in [-0.39, 0.29) is 22.5 Å². The van der Waals surface area contributed by atoms with Crippen molar-refractivity contribution in [2.45, 2.75) is 104 Å². The van der Waals surface area contributed by atoms with Crippen LogP contribution in [0.15, 0.2) is 24.3 Å². The third kappa shape index (κ3) is 2.88. The van der Waals surface area contributed by atoms with Crippen LogP contribution in [-0.4, -0.2) is 22.4 Å². The monoisotopic (exact) mass is 428 g/mol. The van der Waals surface area contributed by atoms with Gasteiger partial charge in [0, 0.05) is 23.7 Å². The molecular weight excluding hydrogens is 384 g/mol. The maximum Gasteiger partial charge on any atom is 0.130 e. The van der Waals surface area contributed by atoms with Gasteiger partial charge in [-0.3, -0.25) is 0 Å². The minimum absolute atomic E-state index is 0.0663. The Balaban J connectivity index is 1.45. The second-order valence-electron chi connectivity index (χ2n) is 12.7. The molecule has 2 bridgehead atoms. The third-order valence-corrected chi connectivity index (χ3v) is 11.1. The first-order valence-corrected chi connectivity index (χ1v) is 13.0. The second kappa shape index (κ2) is 7.18. The zero-order valence-corrected chi connectivity index (χ0v) is 20.6. The van der Waals surface area contributed by atoms with E-state index < -0.39 is 5.60 Å². The standard InChI is InChI=1S/C28H44O3/c1-18(2)19(3)7-8-20(4)22-9-10-23-25(22,5)13-12-24-26(6)14-11-21(29)17-27(26)15-16-28(23,24)31-30-27/h7-8,15-16,18-24,29H,9-14,17H2,1-6H3/t19-,20+,21?,22+,23+,24+,25+,26+,27+,28-/m0/s1. The van der Waals surface area contributed by atoms with Crippen LogP contribution in [0.25, 0.3) is 0 Å². The van der Waals surface area contributed by atoms with Crippen LogP contribution < -0.4 is 0 Å². The van der Waals surface area contributed by atoms with Gasteiger partial charge >= 0.3 is 0 Å². The fourth-order valence-electron chi connectivity index (χ4n) is 8.71. The van der Waals surface area contributed by atoms with Gasteiger partial charge in [-0.05, 0) is 73.7 Å². The zero-order chi connectivity index (χ0) is 22.2. The van der Waals surface area contributed by atoms with Crippen LogP contribution >= 0.6 is 0 Å². The number of hydrogen-bond acceptors (Lipinski definition) is 3. The Bertz CT molecular complexity index is 772. The van der Waals surface area contributed by atoms with Crippen molar-refractivity contribution in [3.8, 4) is 0 Å². The average Bonchev–Trinajstić information content (AvgIpc) is 3.09. The lowest BCUT2D eigenvalue weighted by Crippen LogP contribution is -2.73. The Morgan fingerprint density at radius 2 is 1.68 bits per heavy atom. The highest BCUT2D eigenvalue weighted by molar-refractivity contribution is 5.33. The predicted octanol–water partition coefficient (Wildman–Crippen LogP) is 6.47. The Morgan fingerprint density at radius 1 is 0.903 bits per heavy atom. The first kappa shape index (κ1) is 22.2. The Hall–Kier alpha value is -0.640. The first-order chi connectivity index (χ1) is 14.6. The minimum Gasteiger partial charge on any atom is -0.393 e. The van der Waals surface area contributed by atoms with Gasteiger partial charge < -0.3 is 5.11 Å². The normalized spacial score (nSPS) is 52.8. The van der Waals surface area contributed by atoms with E-state index in [0.717, 1.165) is 12.8 Å². The molecule has 3 nitrogen and oxygen atoms in total. The van der Waals surface area contributed by atoms with Crippen LogP contribution in [0.2, 0.25) is 0 Å². The summed E-state index contributed by atoms with van der Waals surface area (Å²) in [5.74, 6) is 3.64. The van der Waals surface area contributed by atoms with Crippen LogP contribution in [0, 0.1) is 46.3 Å². The van der Waals surface area contributed by atoms with E-state index in [9.17, 15) is 5.11 Å². The quantitative estimate of drug-likeness (QED) is 0.412. The SMILES string of the molecule is CC(C)[C@@H](C)C=C[C@@H](C)[C@H]1CC[C@@H]2[C@]1(C)CC[C@H]1[C@]23C=C[C@]2(CC(O)CC[C@]12C)OO3. The van der Waals surface area contributed by atoms with Crippen LogP contribution in [0.3, 0.4) is 0 Å². The van der Waals surface area contributed by atoms with Gasteiger partial charge in [-0.15, -0.1) is 0 Å². The summed E-state index contributed by atoms with van der Waals surface area (Å²) < 4.78 is 0. The van der Waals surface area contributed by atoms with E-state index in [1.165, 1.54) is 25.7 Å². The first-order valence-electron chi connectivity index (χ1n) is 13.0. The molecule has 1 saturated heterocycles. The maximum absolute atomic E-state index is 10.4. The lowest BCUT2D eigenvalue weighted by molar-refractivity contribution is -0.497. The second-order valence-corrected chi connectivity index (χ2v) is 12.7. The lowest BCUT2D eigenvalue weighted by atomic mass is 9.43. The van der Waals surface area contributed by atoms with E-state index >= 15 is 0 Å². The number of rotatable bonds is 4. The van der Waals surface area contributed by atoms with E-state index in [4.69, 9.17) is 9.78 Å².